The Hall–Kier alpha value is -1.17. The van der Waals surface area contributed by atoms with Crippen molar-refractivity contribution < 1.29 is 4.74 Å². The highest BCUT2D eigenvalue weighted by molar-refractivity contribution is 5.85. The van der Waals surface area contributed by atoms with Crippen LogP contribution < -0.4 is 9.64 Å². The van der Waals surface area contributed by atoms with Crippen molar-refractivity contribution in [2.45, 2.75) is 25.8 Å². The molecule has 0 unspecified atom stereocenters. The fraction of sp³-hybridized carbons (Fsp3) is 0.588. The molecule has 0 amide bonds. The molecule has 5 nitrogen and oxygen atoms in total. The maximum absolute atomic E-state index is 5.33. The Morgan fingerprint density at radius 3 is 2.54 bits per heavy atom. The number of likely N-dealkylation sites (tertiary alicyclic amines) is 1. The highest BCUT2D eigenvalue weighted by Crippen LogP contribution is 2.29. The quantitative estimate of drug-likeness (QED) is 0.824. The van der Waals surface area contributed by atoms with Crippen molar-refractivity contribution in [2.24, 2.45) is 0 Å². The minimum Gasteiger partial charge on any atom is -0.497 e. The van der Waals surface area contributed by atoms with Crippen LogP contribution in [0.2, 0.25) is 0 Å². The molecule has 134 valence electrons. The third-order valence-electron chi connectivity index (χ3n) is 4.91. The summed E-state index contributed by atoms with van der Waals surface area (Å²) in [6.45, 7) is 6.96. The smallest absolute Gasteiger partial charge is 0.206 e. The predicted molar refractivity (Wildman–Crippen MR) is 103 cm³/mol. The normalized spacial score (nSPS) is 17.3. The number of aryl methyl sites for hydroxylation is 1. The molecule has 3 heterocycles. The summed E-state index contributed by atoms with van der Waals surface area (Å²) in [4.78, 5) is 9.91. The third kappa shape index (κ3) is 3.58. The van der Waals surface area contributed by atoms with E-state index in [1.807, 2.05) is 12.1 Å². The van der Waals surface area contributed by atoms with Gasteiger partial charge in [0.05, 0.1) is 18.1 Å². The number of aromatic nitrogens is 2. The van der Waals surface area contributed by atoms with Crippen LogP contribution in [0, 0.1) is 0 Å². The number of fused-ring (bicyclic) bond motifs is 3. The zero-order valence-electron chi connectivity index (χ0n) is 14.1. The first kappa shape index (κ1) is 19.2. The van der Waals surface area contributed by atoms with Crippen LogP contribution in [0.5, 0.6) is 5.75 Å². The minimum atomic E-state index is 0. The molecule has 2 aliphatic heterocycles. The van der Waals surface area contributed by atoms with Crippen LogP contribution in [-0.4, -0.2) is 54.3 Å². The van der Waals surface area contributed by atoms with E-state index < -0.39 is 0 Å². The van der Waals surface area contributed by atoms with E-state index in [0.29, 0.717) is 0 Å². The maximum atomic E-state index is 5.33. The van der Waals surface area contributed by atoms with Crippen LogP contribution in [0.4, 0.5) is 5.95 Å². The van der Waals surface area contributed by atoms with Gasteiger partial charge in [-0.2, -0.15) is 0 Å². The fourth-order valence-electron chi connectivity index (χ4n) is 3.69. The van der Waals surface area contributed by atoms with E-state index >= 15 is 0 Å². The van der Waals surface area contributed by atoms with Gasteiger partial charge in [-0.3, -0.25) is 0 Å². The zero-order chi connectivity index (χ0) is 14.9. The van der Waals surface area contributed by atoms with Crippen molar-refractivity contribution in [1.82, 2.24) is 14.5 Å². The zero-order valence-corrected chi connectivity index (χ0v) is 15.7. The summed E-state index contributed by atoms with van der Waals surface area (Å²) in [5.41, 5.74) is 2.27. The standard InChI is InChI=1S/C17H24N4O.2ClH/c1-22-14-5-6-16-15(13-14)18-17-20(9-4-10-21(16)17)12-11-19-7-2-3-8-19;;/h5-6,13H,2-4,7-12H2,1H3;2*1H. The van der Waals surface area contributed by atoms with E-state index in [-0.39, 0.29) is 24.8 Å². The number of methoxy groups -OCH3 is 1. The Morgan fingerprint density at radius 2 is 1.79 bits per heavy atom. The van der Waals surface area contributed by atoms with Gasteiger partial charge in [-0.1, -0.05) is 0 Å². The number of nitrogens with zero attached hydrogens (tertiary/aromatic N) is 4. The molecule has 1 aromatic carbocycles. The molecule has 24 heavy (non-hydrogen) atoms. The minimum absolute atomic E-state index is 0. The van der Waals surface area contributed by atoms with Gasteiger partial charge in [0.15, 0.2) is 0 Å². The molecule has 4 rings (SSSR count). The predicted octanol–water partition coefficient (Wildman–Crippen LogP) is 3.19. The van der Waals surface area contributed by atoms with E-state index in [0.717, 1.165) is 43.4 Å². The first-order valence-corrected chi connectivity index (χ1v) is 8.37. The summed E-state index contributed by atoms with van der Waals surface area (Å²) in [6.07, 6.45) is 3.92. The van der Waals surface area contributed by atoms with E-state index in [1.165, 1.54) is 37.9 Å². The van der Waals surface area contributed by atoms with Gasteiger partial charge in [-0.25, -0.2) is 4.98 Å². The van der Waals surface area contributed by atoms with Crippen molar-refractivity contribution in [2.75, 3.05) is 44.7 Å². The van der Waals surface area contributed by atoms with Gasteiger partial charge in [-0.15, -0.1) is 24.8 Å². The van der Waals surface area contributed by atoms with Crippen molar-refractivity contribution in [3.8, 4) is 5.75 Å². The van der Waals surface area contributed by atoms with Crippen LogP contribution in [0.3, 0.4) is 0 Å². The van der Waals surface area contributed by atoms with Gasteiger partial charge in [0.1, 0.15) is 5.75 Å². The molecule has 2 aromatic rings. The summed E-state index contributed by atoms with van der Waals surface area (Å²) in [5, 5.41) is 0. The summed E-state index contributed by atoms with van der Waals surface area (Å²) in [5.74, 6) is 2.01. The molecule has 0 bridgehead atoms. The van der Waals surface area contributed by atoms with E-state index in [4.69, 9.17) is 9.72 Å². The lowest BCUT2D eigenvalue weighted by atomic mass is 10.2. The maximum Gasteiger partial charge on any atom is 0.206 e. The monoisotopic (exact) mass is 372 g/mol. The summed E-state index contributed by atoms with van der Waals surface area (Å²) in [6, 6.07) is 6.20. The lowest BCUT2D eigenvalue weighted by molar-refractivity contribution is 0.341. The molecular formula is C17H26Cl2N4O. The highest BCUT2D eigenvalue weighted by atomic mass is 35.5. The largest absolute Gasteiger partial charge is 0.497 e. The van der Waals surface area contributed by atoms with Crippen molar-refractivity contribution in [3.63, 3.8) is 0 Å². The lowest BCUT2D eigenvalue weighted by Gasteiger charge is -2.30. The van der Waals surface area contributed by atoms with Crippen molar-refractivity contribution in [3.05, 3.63) is 18.2 Å². The van der Waals surface area contributed by atoms with E-state index in [9.17, 15) is 0 Å². The molecule has 1 aromatic heterocycles. The van der Waals surface area contributed by atoms with Crippen LogP contribution in [-0.2, 0) is 6.54 Å². The number of halogens is 2. The molecule has 1 fully saturated rings. The molecular weight excluding hydrogens is 347 g/mol. The van der Waals surface area contributed by atoms with Crippen molar-refractivity contribution in [1.29, 1.82) is 0 Å². The Kier molecular flexibility index (Phi) is 6.61. The molecule has 0 spiro atoms. The average Bonchev–Trinajstić information content (AvgIpc) is 3.19. The third-order valence-corrected chi connectivity index (χ3v) is 4.91. The Bertz CT molecular complexity index is 670. The van der Waals surface area contributed by atoms with Crippen LogP contribution >= 0.6 is 24.8 Å². The van der Waals surface area contributed by atoms with Gasteiger partial charge < -0.3 is 19.1 Å². The van der Waals surface area contributed by atoms with Gasteiger partial charge in [0.25, 0.3) is 0 Å². The second-order valence-corrected chi connectivity index (χ2v) is 6.31. The van der Waals surface area contributed by atoms with Gasteiger partial charge in [-0.05, 0) is 44.5 Å². The van der Waals surface area contributed by atoms with Crippen LogP contribution in [0.15, 0.2) is 18.2 Å². The van der Waals surface area contributed by atoms with Crippen LogP contribution in [0.25, 0.3) is 11.0 Å². The Morgan fingerprint density at radius 1 is 1.00 bits per heavy atom. The van der Waals surface area contributed by atoms with Gasteiger partial charge in [0, 0.05) is 32.2 Å². The second kappa shape index (κ2) is 8.28. The fourth-order valence-corrected chi connectivity index (χ4v) is 3.69. The number of rotatable bonds is 4. The molecule has 2 aliphatic rings. The number of anilines is 1. The van der Waals surface area contributed by atoms with E-state index in [2.05, 4.69) is 20.4 Å². The first-order valence-electron chi connectivity index (χ1n) is 8.37. The topological polar surface area (TPSA) is 33.5 Å². The number of hydrogen-bond acceptors (Lipinski definition) is 4. The number of ether oxygens (including phenoxy) is 1. The molecule has 1 saturated heterocycles. The summed E-state index contributed by atoms with van der Waals surface area (Å²) in [7, 11) is 1.71. The number of hydrogen-bond donors (Lipinski definition) is 0. The summed E-state index contributed by atoms with van der Waals surface area (Å²) < 4.78 is 7.69. The Labute approximate surface area is 155 Å². The van der Waals surface area contributed by atoms with Crippen LogP contribution in [0.1, 0.15) is 19.3 Å². The molecule has 0 saturated carbocycles. The van der Waals surface area contributed by atoms with Gasteiger partial charge >= 0.3 is 0 Å². The lowest BCUT2D eigenvalue weighted by Crippen LogP contribution is -2.38. The molecule has 7 heteroatoms. The molecule has 0 N–H and O–H groups in total. The average molecular weight is 373 g/mol. The highest BCUT2D eigenvalue weighted by Gasteiger charge is 2.22. The molecule has 0 radical (unpaired) electrons. The SMILES string of the molecule is COc1ccc2c(c1)nc1n2CCCN1CCN1CCCC1.Cl.Cl. The summed E-state index contributed by atoms with van der Waals surface area (Å²) >= 11 is 0. The van der Waals surface area contributed by atoms with E-state index in [1.54, 1.807) is 7.11 Å². The molecule has 0 atom stereocenters. The number of benzene rings is 1. The van der Waals surface area contributed by atoms with Gasteiger partial charge in [0.2, 0.25) is 5.95 Å². The molecule has 0 aliphatic carbocycles. The second-order valence-electron chi connectivity index (χ2n) is 6.31. The Balaban J connectivity index is 0.00000104. The number of imidazole rings is 1. The van der Waals surface area contributed by atoms with Crippen molar-refractivity contribution >= 4 is 41.8 Å². The first-order chi connectivity index (χ1) is 10.8.